The number of hydrogen-bond donors (Lipinski definition) is 1. The predicted octanol–water partition coefficient (Wildman–Crippen LogP) is 3.13. The molecule has 0 saturated carbocycles. The van der Waals surface area contributed by atoms with Gasteiger partial charge < -0.3 is 5.32 Å². The van der Waals surface area contributed by atoms with E-state index in [9.17, 15) is 13.2 Å². The topological polar surface area (TPSA) is 69.7 Å². The fourth-order valence-corrected chi connectivity index (χ4v) is 4.87. The average Bonchev–Trinajstić information content (AvgIpc) is 2.74. The molecule has 1 heterocycles. The highest BCUT2D eigenvalue weighted by Gasteiger charge is 2.25. The summed E-state index contributed by atoms with van der Waals surface area (Å²) < 4.78 is 25.5. The highest BCUT2D eigenvalue weighted by molar-refractivity contribution is 7.98. The summed E-state index contributed by atoms with van der Waals surface area (Å²) in [5.74, 6) is 0.00764. The van der Waals surface area contributed by atoms with Crippen molar-refractivity contribution in [1.29, 1.82) is 0 Å². The molecule has 0 bridgehead atoms. The van der Waals surface area contributed by atoms with Crippen LogP contribution < -0.4 is 5.32 Å². The van der Waals surface area contributed by atoms with Gasteiger partial charge in [-0.05, 0) is 49.1 Å². The second-order valence-corrected chi connectivity index (χ2v) is 10.1. The second-order valence-electron chi connectivity index (χ2n) is 6.96. The van der Waals surface area contributed by atoms with Crippen LogP contribution in [-0.2, 0) is 16.6 Å². The summed E-state index contributed by atoms with van der Waals surface area (Å²) in [6, 6.07) is 15.4. The fraction of sp³-hybridized carbons (Fsp3) is 0.381. The third kappa shape index (κ3) is 5.82. The Balaban J connectivity index is 1.60. The number of thioether (sulfide) groups is 1. The molecule has 8 heteroatoms. The molecule has 0 radical (unpaired) electrons. The molecular weight excluding hydrogens is 406 g/mol. The molecule has 156 valence electrons. The van der Waals surface area contributed by atoms with Crippen LogP contribution in [0.2, 0.25) is 0 Å². The Hall–Kier alpha value is -1.87. The van der Waals surface area contributed by atoms with Crippen LogP contribution in [-0.4, -0.2) is 61.7 Å². The average molecular weight is 434 g/mol. The van der Waals surface area contributed by atoms with Gasteiger partial charge in [-0.3, -0.25) is 9.69 Å². The highest BCUT2D eigenvalue weighted by atomic mass is 32.2. The lowest BCUT2D eigenvalue weighted by Gasteiger charge is -2.33. The van der Waals surface area contributed by atoms with Gasteiger partial charge in [0, 0.05) is 48.9 Å². The third-order valence-corrected chi connectivity index (χ3v) is 7.62. The van der Waals surface area contributed by atoms with Crippen molar-refractivity contribution in [2.75, 3.05) is 43.5 Å². The first-order chi connectivity index (χ1) is 13.9. The van der Waals surface area contributed by atoms with Crippen molar-refractivity contribution < 1.29 is 13.2 Å². The number of carbonyl (C=O) groups excluding carboxylic acids is 1. The molecule has 2 aromatic rings. The molecular formula is C21H27N3O3S2. The van der Waals surface area contributed by atoms with Crippen molar-refractivity contribution in [3.8, 4) is 0 Å². The van der Waals surface area contributed by atoms with E-state index in [1.165, 1.54) is 0 Å². The molecule has 29 heavy (non-hydrogen) atoms. The van der Waals surface area contributed by atoms with Crippen LogP contribution in [0.5, 0.6) is 0 Å². The molecule has 1 aliphatic rings. The van der Waals surface area contributed by atoms with Gasteiger partial charge in [-0.25, -0.2) is 8.42 Å². The molecule has 0 atom stereocenters. The summed E-state index contributed by atoms with van der Waals surface area (Å²) in [5, 5.41) is 2.95. The van der Waals surface area contributed by atoms with Crippen molar-refractivity contribution in [3.63, 3.8) is 0 Å². The predicted molar refractivity (Wildman–Crippen MR) is 119 cm³/mol. The summed E-state index contributed by atoms with van der Waals surface area (Å²) in [7, 11) is -3.12. The van der Waals surface area contributed by atoms with Gasteiger partial charge in [0.05, 0.1) is 5.75 Å². The molecule has 1 amide bonds. The van der Waals surface area contributed by atoms with E-state index >= 15 is 0 Å². The Bertz CT molecular complexity index is 955. The van der Waals surface area contributed by atoms with Gasteiger partial charge in [0.15, 0.2) is 0 Å². The maximum atomic E-state index is 12.6. The van der Waals surface area contributed by atoms with E-state index in [1.807, 2.05) is 54.8 Å². The van der Waals surface area contributed by atoms with Gasteiger partial charge in [-0.2, -0.15) is 4.31 Å². The van der Waals surface area contributed by atoms with Gasteiger partial charge in [0.1, 0.15) is 0 Å². The molecule has 0 aliphatic carbocycles. The molecule has 2 aromatic carbocycles. The minimum absolute atomic E-state index is 0.135. The lowest BCUT2D eigenvalue weighted by atomic mass is 10.1. The zero-order valence-corrected chi connectivity index (χ0v) is 18.4. The van der Waals surface area contributed by atoms with E-state index in [0.717, 1.165) is 16.1 Å². The molecule has 6 nitrogen and oxygen atoms in total. The maximum absolute atomic E-state index is 12.6. The van der Waals surface area contributed by atoms with Crippen LogP contribution in [0.25, 0.3) is 0 Å². The van der Waals surface area contributed by atoms with Crippen LogP contribution in [0.15, 0.2) is 53.4 Å². The van der Waals surface area contributed by atoms with Crippen molar-refractivity contribution in [2.45, 2.75) is 18.4 Å². The van der Waals surface area contributed by atoms with Crippen molar-refractivity contribution in [2.24, 2.45) is 0 Å². The number of carbonyl (C=O) groups is 1. The van der Waals surface area contributed by atoms with E-state index in [2.05, 4.69) is 10.2 Å². The zero-order valence-electron chi connectivity index (χ0n) is 16.8. The van der Waals surface area contributed by atoms with Gasteiger partial charge in [0.2, 0.25) is 10.0 Å². The van der Waals surface area contributed by atoms with Crippen LogP contribution in [0, 0.1) is 0 Å². The smallest absolute Gasteiger partial charge is 0.255 e. The van der Waals surface area contributed by atoms with Crippen LogP contribution >= 0.6 is 11.8 Å². The van der Waals surface area contributed by atoms with Gasteiger partial charge in [-0.1, -0.05) is 18.2 Å². The van der Waals surface area contributed by atoms with Crippen molar-refractivity contribution >= 4 is 33.4 Å². The minimum Gasteiger partial charge on any atom is -0.322 e. The molecule has 0 unspecified atom stereocenters. The molecule has 1 N–H and O–H groups in total. The first-order valence-electron chi connectivity index (χ1n) is 9.66. The summed E-state index contributed by atoms with van der Waals surface area (Å²) in [5.41, 5.74) is 2.44. The zero-order chi connectivity index (χ0) is 20.9. The van der Waals surface area contributed by atoms with E-state index < -0.39 is 10.0 Å². The lowest BCUT2D eigenvalue weighted by molar-refractivity contribution is 0.102. The van der Waals surface area contributed by atoms with Gasteiger partial charge >= 0.3 is 0 Å². The first-order valence-corrected chi connectivity index (χ1v) is 12.5. The number of hydrogen-bond acceptors (Lipinski definition) is 5. The Morgan fingerprint density at radius 3 is 2.48 bits per heavy atom. The number of amides is 1. The number of nitrogens with zero attached hydrogens (tertiary/aromatic N) is 2. The number of rotatable bonds is 7. The summed E-state index contributed by atoms with van der Waals surface area (Å²) >= 11 is 1.63. The SMILES string of the molecule is CCS(=O)(=O)N1CCN(Cc2cccc(C(=O)Nc3cccc(SC)c3)c2)CC1. The summed E-state index contributed by atoms with van der Waals surface area (Å²) in [4.78, 5) is 16.0. The fourth-order valence-electron chi connectivity index (χ4n) is 3.32. The van der Waals surface area contributed by atoms with E-state index in [-0.39, 0.29) is 11.7 Å². The standard InChI is InChI=1S/C21H27N3O3S2/c1-3-29(26,27)24-12-10-23(11-13-24)16-17-6-4-7-18(14-17)21(25)22-19-8-5-9-20(15-19)28-2/h4-9,14-15H,3,10-13,16H2,1-2H3,(H,22,25). The Kier molecular flexibility index (Phi) is 7.34. The quantitative estimate of drug-likeness (QED) is 0.680. The number of sulfonamides is 1. The van der Waals surface area contributed by atoms with E-state index in [1.54, 1.807) is 23.0 Å². The van der Waals surface area contributed by atoms with Crippen molar-refractivity contribution in [3.05, 3.63) is 59.7 Å². The molecule has 0 spiro atoms. The molecule has 1 fully saturated rings. The van der Waals surface area contributed by atoms with E-state index in [4.69, 9.17) is 0 Å². The summed E-state index contributed by atoms with van der Waals surface area (Å²) in [6.07, 6.45) is 2.00. The van der Waals surface area contributed by atoms with Crippen LogP contribution in [0.1, 0.15) is 22.8 Å². The van der Waals surface area contributed by atoms with Gasteiger partial charge in [0.25, 0.3) is 5.91 Å². The molecule has 1 saturated heterocycles. The van der Waals surface area contributed by atoms with Gasteiger partial charge in [-0.15, -0.1) is 11.8 Å². The Morgan fingerprint density at radius 1 is 1.07 bits per heavy atom. The van der Waals surface area contributed by atoms with Crippen LogP contribution in [0.3, 0.4) is 0 Å². The van der Waals surface area contributed by atoms with E-state index in [0.29, 0.717) is 38.3 Å². The Labute approximate surface area is 177 Å². The number of nitrogens with one attached hydrogen (secondary N) is 1. The molecule has 0 aromatic heterocycles. The Morgan fingerprint density at radius 2 is 1.79 bits per heavy atom. The largest absolute Gasteiger partial charge is 0.322 e. The monoisotopic (exact) mass is 433 g/mol. The number of anilines is 1. The lowest BCUT2D eigenvalue weighted by Crippen LogP contribution is -2.48. The normalized spacial score (nSPS) is 15.9. The molecule has 1 aliphatic heterocycles. The number of piperazine rings is 1. The second kappa shape index (κ2) is 9.75. The minimum atomic E-state index is -3.12. The van der Waals surface area contributed by atoms with Crippen molar-refractivity contribution in [1.82, 2.24) is 9.21 Å². The highest BCUT2D eigenvalue weighted by Crippen LogP contribution is 2.20. The number of benzene rings is 2. The first kappa shape index (κ1) is 21.8. The molecule has 3 rings (SSSR count). The van der Waals surface area contributed by atoms with Crippen LogP contribution in [0.4, 0.5) is 5.69 Å². The maximum Gasteiger partial charge on any atom is 0.255 e. The third-order valence-electron chi connectivity index (χ3n) is 5.01. The summed E-state index contributed by atoms with van der Waals surface area (Å²) in [6.45, 7) is 4.79.